The van der Waals surface area contributed by atoms with Crippen LogP contribution in [0.4, 0.5) is 0 Å². The molecule has 1 saturated heterocycles. The minimum absolute atomic E-state index is 0.0674. The molecule has 9 heteroatoms. The van der Waals surface area contributed by atoms with Crippen LogP contribution in [-0.2, 0) is 21.4 Å². The zero-order valence-electron chi connectivity index (χ0n) is 18.2. The van der Waals surface area contributed by atoms with Crippen LogP contribution in [0.2, 0.25) is 5.02 Å². The Morgan fingerprint density at radius 3 is 2.38 bits per heavy atom. The van der Waals surface area contributed by atoms with Gasteiger partial charge in [0.2, 0.25) is 5.91 Å². The lowest BCUT2D eigenvalue weighted by Gasteiger charge is -2.36. The molecule has 170 valence electrons. The van der Waals surface area contributed by atoms with Gasteiger partial charge in [-0.05, 0) is 35.7 Å². The van der Waals surface area contributed by atoms with E-state index in [4.69, 9.17) is 11.6 Å². The van der Waals surface area contributed by atoms with Gasteiger partial charge in [-0.1, -0.05) is 49.7 Å². The molecule has 0 bridgehead atoms. The summed E-state index contributed by atoms with van der Waals surface area (Å²) in [4.78, 5) is 22.2. The van der Waals surface area contributed by atoms with Gasteiger partial charge in [0.25, 0.3) is 10.0 Å². The van der Waals surface area contributed by atoms with E-state index in [1.807, 2.05) is 43.0 Å². The van der Waals surface area contributed by atoms with Gasteiger partial charge in [-0.2, -0.15) is 0 Å². The Kier molecular flexibility index (Phi) is 6.55. The molecule has 7 nitrogen and oxygen atoms in total. The molecule has 2 heterocycles. The molecule has 2 aromatic rings. The molecule has 2 aliphatic heterocycles. The highest BCUT2D eigenvalue weighted by Crippen LogP contribution is 2.24. The first kappa shape index (κ1) is 22.8. The van der Waals surface area contributed by atoms with Crippen molar-refractivity contribution in [3.05, 3.63) is 64.7 Å². The maximum atomic E-state index is 13.3. The predicted molar refractivity (Wildman–Crippen MR) is 125 cm³/mol. The fraction of sp³-hybridized carbons (Fsp3) is 0.391. The summed E-state index contributed by atoms with van der Waals surface area (Å²) in [5.41, 5.74) is 1.70. The van der Waals surface area contributed by atoms with Gasteiger partial charge >= 0.3 is 0 Å². The normalized spacial score (nSPS) is 20.2. The third kappa shape index (κ3) is 4.82. The average molecular weight is 475 g/mol. The number of benzene rings is 2. The Morgan fingerprint density at radius 1 is 1.06 bits per heavy atom. The highest BCUT2D eigenvalue weighted by molar-refractivity contribution is 7.90. The third-order valence-corrected chi connectivity index (χ3v) is 7.47. The van der Waals surface area contributed by atoms with Crippen LogP contribution in [0, 0.1) is 5.92 Å². The second kappa shape index (κ2) is 9.21. The van der Waals surface area contributed by atoms with Crippen LogP contribution in [0.15, 0.2) is 58.4 Å². The Balaban J connectivity index is 1.45. The molecule has 1 fully saturated rings. The van der Waals surface area contributed by atoms with Gasteiger partial charge in [0.15, 0.2) is 0 Å². The molecule has 1 N–H and O–H groups in total. The average Bonchev–Trinajstić information content (AvgIpc) is 3.04. The molecule has 0 aromatic heterocycles. The van der Waals surface area contributed by atoms with Gasteiger partial charge < -0.3 is 4.90 Å². The van der Waals surface area contributed by atoms with Gasteiger partial charge in [-0.15, -0.1) is 0 Å². The van der Waals surface area contributed by atoms with Gasteiger partial charge in [-0.25, -0.2) is 8.42 Å². The Bertz CT molecular complexity index is 1120. The summed E-state index contributed by atoms with van der Waals surface area (Å²) >= 11 is 5.96. The van der Waals surface area contributed by atoms with Crippen molar-refractivity contribution in [3.8, 4) is 0 Å². The lowest BCUT2D eigenvalue weighted by atomic mass is 10.0. The quantitative estimate of drug-likeness (QED) is 0.722. The van der Waals surface area contributed by atoms with Gasteiger partial charge in [0.1, 0.15) is 11.9 Å². The first-order valence-electron chi connectivity index (χ1n) is 10.7. The molecule has 32 heavy (non-hydrogen) atoms. The maximum absolute atomic E-state index is 13.3. The Hall–Kier alpha value is -2.42. The molecule has 0 unspecified atom stereocenters. The SMILES string of the molecule is CC(C)[C@H](N=C1NS(=O)(=O)c2ccccc21)C(=O)N1CCN(Cc2ccc(Cl)cc2)CC1. The van der Waals surface area contributed by atoms with Crippen molar-refractivity contribution < 1.29 is 13.2 Å². The monoisotopic (exact) mass is 474 g/mol. The fourth-order valence-corrected chi connectivity index (χ4v) is 5.38. The Morgan fingerprint density at radius 2 is 1.72 bits per heavy atom. The van der Waals surface area contributed by atoms with E-state index < -0.39 is 16.1 Å². The number of nitrogens with one attached hydrogen (secondary N) is 1. The Labute approximate surface area is 194 Å². The molecule has 0 radical (unpaired) electrons. The standard InChI is InChI=1S/C23H27ClN4O3S/c1-16(2)21(25-22-19-5-3-4-6-20(19)32(30,31)26-22)23(29)28-13-11-27(12-14-28)15-17-7-9-18(24)10-8-17/h3-10,16,21H,11-15H2,1-2H3,(H,25,26)/t21-/m0/s1. The number of carbonyl (C=O) groups excluding carboxylic acids is 1. The summed E-state index contributed by atoms with van der Waals surface area (Å²) in [7, 11) is -3.64. The minimum Gasteiger partial charge on any atom is -0.338 e. The molecule has 1 amide bonds. The molecule has 1 atom stereocenters. The van der Waals surface area contributed by atoms with E-state index in [2.05, 4.69) is 14.6 Å². The first-order chi connectivity index (χ1) is 15.2. The molecule has 4 rings (SSSR count). The van der Waals surface area contributed by atoms with Crippen molar-refractivity contribution in [2.75, 3.05) is 26.2 Å². The van der Waals surface area contributed by atoms with Gasteiger partial charge in [-0.3, -0.25) is 19.4 Å². The molecular formula is C23H27ClN4O3S. The summed E-state index contributed by atoms with van der Waals surface area (Å²) in [6.45, 7) is 7.44. The van der Waals surface area contributed by atoms with Crippen molar-refractivity contribution in [2.24, 2.45) is 10.9 Å². The van der Waals surface area contributed by atoms with E-state index in [0.717, 1.165) is 24.7 Å². The number of aliphatic imine (C=N–C) groups is 1. The van der Waals surface area contributed by atoms with Crippen molar-refractivity contribution in [3.63, 3.8) is 0 Å². The molecule has 2 aromatic carbocycles. The fourth-order valence-electron chi connectivity index (χ4n) is 4.02. The van der Waals surface area contributed by atoms with Crippen molar-refractivity contribution in [1.82, 2.24) is 14.5 Å². The van der Waals surface area contributed by atoms with Crippen molar-refractivity contribution in [1.29, 1.82) is 0 Å². The number of carbonyl (C=O) groups is 1. The second-order valence-corrected chi connectivity index (χ2v) is 10.6. The van der Waals surface area contributed by atoms with E-state index in [1.165, 1.54) is 5.56 Å². The summed E-state index contributed by atoms with van der Waals surface area (Å²) in [5.74, 6) is 0.107. The molecule has 0 spiro atoms. The number of hydrogen-bond donors (Lipinski definition) is 1. The first-order valence-corrected chi connectivity index (χ1v) is 12.6. The number of amides is 1. The van der Waals surface area contributed by atoms with Crippen LogP contribution in [0.5, 0.6) is 0 Å². The lowest BCUT2D eigenvalue weighted by molar-refractivity contribution is -0.135. The number of fused-ring (bicyclic) bond motifs is 1. The molecule has 0 aliphatic carbocycles. The van der Waals surface area contributed by atoms with E-state index in [-0.39, 0.29) is 22.6 Å². The zero-order valence-corrected chi connectivity index (χ0v) is 19.7. The number of sulfonamides is 1. The summed E-state index contributed by atoms with van der Waals surface area (Å²) < 4.78 is 27.3. The molecular weight excluding hydrogens is 448 g/mol. The molecule has 0 saturated carbocycles. The number of amidine groups is 1. The third-order valence-electron chi connectivity index (χ3n) is 5.82. The second-order valence-electron chi connectivity index (χ2n) is 8.50. The lowest BCUT2D eigenvalue weighted by Crippen LogP contribution is -2.51. The van der Waals surface area contributed by atoms with Gasteiger partial charge in [0, 0.05) is 43.3 Å². The number of piperazine rings is 1. The summed E-state index contributed by atoms with van der Waals surface area (Å²) in [6.07, 6.45) is 0. The van der Waals surface area contributed by atoms with E-state index in [9.17, 15) is 13.2 Å². The van der Waals surface area contributed by atoms with E-state index in [1.54, 1.807) is 24.3 Å². The molecule has 2 aliphatic rings. The van der Waals surface area contributed by atoms with Crippen molar-refractivity contribution in [2.45, 2.75) is 31.3 Å². The van der Waals surface area contributed by atoms with Crippen LogP contribution in [0.3, 0.4) is 0 Å². The highest BCUT2D eigenvalue weighted by atomic mass is 35.5. The van der Waals surface area contributed by atoms with Crippen LogP contribution in [0.25, 0.3) is 0 Å². The highest BCUT2D eigenvalue weighted by Gasteiger charge is 2.34. The largest absolute Gasteiger partial charge is 0.338 e. The number of halogens is 1. The zero-order chi connectivity index (χ0) is 22.9. The topological polar surface area (TPSA) is 82.1 Å². The number of rotatable bonds is 5. The van der Waals surface area contributed by atoms with E-state index in [0.29, 0.717) is 18.7 Å². The minimum atomic E-state index is -3.64. The number of nitrogens with zero attached hydrogens (tertiary/aromatic N) is 3. The van der Waals surface area contributed by atoms with E-state index >= 15 is 0 Å². The van der Waals surface area contributed by atoms with Crippen LogP contribution in [-0.4, -0.2) is 62.2 Å². The maximum Gasteiger partial charge on any atom is 0.263 e. The summed E-state index contributed by atoms with van der Waals surface area (Å²) in [5, 5.41) is 0.720. The predicted octanol–water partition coefficient (Wildman–Crippen LogP) is 2.75. The van der Waals surface area contributed by atoms with Crippen molar-refractivity contribution >= 4 is 33.4 Å². The smallest absolute Gasteiger partial charge is 0.263 e. The van der Waals surface area contributed by atoms with Crippen LogP contribution >= 0.6 is 11.6 Å². The van der Waals surface area contributed by atoms with Gasteiger partial charge in [0.05, 0.1) is 4.90 Å². The number of hydrogen-bond acceptors (Lipinski definition) is 5. The van der Waals surface area contributed by atoms with Crippen LogP contribution in [0.1, 0.15) is 25.0 Å². The van der Waals surface area contributed by atoms with Crippen LogP contribution < -0.4 is 4.72 Å². The summed E-state index contributed by atoms with van der Waals surface area (Å²) in [6, 6.07) is 13.9.